The van der Waals surface area contributed by atoms with Crippen molar-refractivity contribution in [3.63, 3.8) is 0 Å². The fourth-order valence-corrected chi connectivity index (χ4v) is 3.29. The number of aliphatic hydroxyl groups excluding tert-OH is 1. The van der Waals surface area contributed by atoms with Gasteiger partial charge < -0.3 is 15.9 Å². The molecule has 1 aliphatic heterocycles. The van der Waals surface area contributed by atoms with E-state index < -0.39 is 6.10 Å². The number of aliphatic hydroxyl groups is 1. The molecule has 88 valence electrons. The standard InChI is InChI=1S/C12H17NO2S/c13-11-9(4-1-5-10(11)14)12(15)8-3-2-6-16-7-8/h1,4-5,8,12,14-15H,2-3,6-7,13H2. The van der Waals surface area contributed by atoms with Gasteiger partial charge in [-0.15, -0.1) is 0 Å². The zero-order chi connectivity index (χ0) is 11.5. The molecule has 1 saturated heterocycles. The highest BCUT2D eigenvalue weighted by molar-refractivity contribution is 7.99. The van der Waals surface area contributed by atoms with Crippen LogP contribution >= 0.6 is 11.8 Å². The molecular formula is C12H17NO2S. The smallest absolute Gasteiger partial charge is 0.138 e. The van der Waals surface area contributed by atoms with Crippen LogP contribution in [0.2, 0.25) is 0 Å². The number of aromatic hydroxyl groups is 1. The largest absolute Gasteiger partial charge is 0.506 e. The van der Waals surface area contributed by atoms with E-state index in [0.29, 0.717) is 11.3 Å². The quantitative estimate of drug-likeness (QED) is 0.546. The van der Waals surface area contributed by atoms with Crippen LogP contribution in [0.5, 0.6) is 5.75 Å². The zero-order valence-corrected chi connectivity index (χ0v) is 9.91. The molecule has 0 saturated carbocycles. The summed E-state index contributed by atoms with van der Waals surface area (Å²) in [5.41, 5.74) is 6.74. The molecule has 2 unspecified atom stereocenters. The molecule has 0 amide bonds. The van der Waals surface area contributed by atoms with Crippen molar-refractivity contribution in [3.8, 4) is 5.75 Å². The van der Waals surface area contributed by atoms with E-state index in [-0.39, 0.29) is 11.7 Å². The maximum Gasteiger partial charge on any atom is 0.138 e. The average molecular weight is 239 g/mol. The minimum Gasteiger partial charge on any atom is -0.506 e. The van der Waals surface area contributed by atoms with Crippen molar-refractivity contribution in [2.75, 3.05) is 17.2 Å². The number of para-hydroxylation sites is 1. The third kappa shape index (κ3) is 2.28. The SMILES string of the molecule is Nc1c(O)cccc1C(O)C1CCCSC1. The maximum absolute atomic E-state index is 10.2. The third-order valence-corrected chi connectivity index (χ3v) is 4.32. The van der Waals surface area contributed by atoms with E-state index in [1.165, 1.54) is 5.75 Å². The van der Waals surface area contributed by atoms with Crippen LogP contribution in [0.4, 0.5) is 5.69 Å². The molecule has 0 bridgehead atoms. The van der Waals surface area contributed by atoms with Gasteiger partial charge in [0.05, 0.1) is 11.8 Å². The van der Waals surface area contributed by atoms with Gasteiger partial charge in [0.1, 0.15) is 5.75 Å². The summed E-state index contributed by atoms with van der Waals surface area (Å²) in [6.45, 7) is 0. The van der Waals surface area contributed by atoms with E-state index in [9.17, 15) is 10.2 Å². The number of phenolic OH excluding ortho intramolecular Hbond substituents is 1. The zero-order valence-electron chi connectivity index (χ0n) is 9.10. The molecule has 0 aromatic heterocycles. The Kier molecular flexibility index (Phi) is 3.61. The molecule has 4 heteroatoms. The number of anilines is 1. The van der Waals surface area contributed by atoms with Crippen molar-refractivity contribution >= 4 is 17.4 Å². The van der Waals surface area contributed by atoms with Gasteiger partial charge in [-0.25, -0.2) is 0 Å². The van der Waals surface area contributed by atoms with Crippen LogP contribution in [0.25, 0.3) is 0 Å². The number of hydrogen-bond donors (Lipinski definition) is 3. The van der Waals surface area contributed by atoms with Crippen LogP contribution in [-0.4, -0.2) is 21.7 Å². The first-order chi connectivity index (χ1) is 7.70. The fourth-order valence-electron chi connectivity index (χ4n) is 2.10. The van der Waals surface area contributed by atoms with Gasteiger partial charge in [0.2, 0.25) is 0 Å². The summed E-state index contributed by atoms with van der Waals surface area (Å²) in [5.74, 6) is 2.46. The van der Waals surface area contributed by atoms with E-state index >= 15 is 0 Å². The number of nitrogens with two attached hydrogens (primary N) is 1. The first kappa shape index (κ1) is 11.6. The molecule has 1 aliphatic rings. The molecule has 1 heterocycles. The van der Waals surface area contributed by atoms with Crippen molar-refractivity contribution < 1.29 is 10.2 Å². The van der Waals surface area contributed by atoms with E-state index in [2.05, 4.69) is 0 Å². The van der Waals surface area contributed by atoms with E-state index in [0.717, 1.165) is 18.6 Å². The predicted octanol–water partition coefficient (Wildman–Crippen LogP) is 2.15. The lowest BCUT2D eigenvalue weighted by Gasteiger charge is -2.27. The van der Waals surface area contributed by atoms with Gasteiger partial charge in [-0.1, -0.05) is 12.1 Å². The monoisotopic (exact) mass is 239 g/mol. The molecule has 16 heavy (non-hydrogen) atoms. The first-order valence-corrected chi connectivity index (χ1v) is 6.69. The molecule has 0 radical (unpaired) electrons. The van der Waals surface area contributed by atoms with E-state index in [1.54, 1.807) is 18.2 Å². The molecule has 4 N–H and O–H groups in total. The van der Waals surface area contributed by atoms with Crippen molar-refractivity contribution in [1.29, 1.82) is 0 Å². The van der Waals surface area contributed by atoms with Crippen LogP contribution in [0.3, 0.4) is 0 Å². The minimum atomic E-state index is -0.556. The van der Waals surface area contributed by atoms with Gasteiger partial charge in [0, 0.05) is 5.56 Å². The number of thioether (sulfide) groups is 1. The van der Waals surface area contributed by atoms with Gasteiger partial charge in [0.25, 0.3) is 0 Å². The Morgan fingerprint density at radius 2 is 2.25 bits per heavy atom. The van der Waals surface area contributed by atoms with Gasteiger partial charge in [-0.3, -0.25) is 0 Å². The second kappa shape index (κ2) is 4.97. The highest BCUT2D eigenvalue weighted by atomic mass is 32.2. The van der Waals surface area contributed by atoms with Crippen molar-refractivity contribution in [3.05, 3.63) is 23.8 Å². The highest BCUT2D eigenvalue weighted by Crippen LogP contribution is 2.37. The van der Waals surface area contributed by atoms with Gasteiger partial charge >= 0.3 is 0 Å². The van der Waals surface area contributed by atoms with E-state index in [4.69, 9.17) is 5.73 Å². The lowest BCUT2D eigenvalue weighted by Crippen LogP contribution is -2.20. The molecule has 3 nitrogen and oxygen atoms in total. The second-order valence-electron chi connectivity index (χ2n) is 4.20. The van der Waals surface area contributed by atoms with Crippen LogP contribution < -0.4 is 5.73 Å². The molecule has 1 aromatic carbocycles. The Morgan fingerprint density at radius 3 is 2.94 bits per heavy atom. The predicted molar refractivity (Wildman–Crippen MR) is 67.5 cm³/mol. The molecule has 2 atom stereocenters. The first-order valence-electron chi connectivity index (χ1n) is 5.53. The number of nitrogen functional groups attached to an aromatic ring is 1. The molecule has 2 rings (SSSR count). The lowest BCUT2D eigenvalue weighted by molar-refractivity contribution is 0.114. The van der Waals surface area contributed by atoms with Crippen molar-refractivity contribution in [2.24, 2.45) is 5.92 Å². The Balaban J connectivity index is 2.19. The van der Waals surface area contributed by atoms with Gasteiger partial charge in [-0.05, 0) is 36.3 Å². The number of rotatable bonds is 2. The van der Waals surface area contributed by atoms with Crippen molar-refractivity contribution in [2.45, 2.75) is 18.9 Å². The summed E-state index contributed by atoms with van der Waals surface area (Å²) in [5, 5.41) is 19.8. The highest BCUT2D eigenvalue weighted by Gasteiger charge is 2.25. The summed E-state index contributed by atoms with van der Waals surface area (Å²) in [6, 6.07) is 5.06. The maximum atomic E-state index is 10.2. The van der Waals surface area contributed by atoms with Gasteiger partial charge in [0.15, 0.2) is 0 Å². The van der Waals surface area contributed by atoms with Gasteiger partial charge in [-0.2, -0.15) is 11.8 Å². The van der Waals surface area contributed by atoms with E-state index in [1.807, 2.05) is 11.8 Å². The summed E-state index contributed by atoms with van der Waals surface area (Å²) < 4.78 is 0. The third-order valence-electron chi connectivity index (χ3n) is 3.08. The van der Waals surface area contributed by atoms with Crippen LogP contribution in [-0.2, 0) is 0 Å². The molecule has 1 fully saturated rings. The molecule has 0 aliphatic carbocycles. The topological polar surface area (TPSA) is 66.5 Å². The summed E-state index contributed by atoms with van der Waals surface area (Å²) in [7, 11) is 0. The summed E-state index contributed by atoms with van der Waals surface area (Å²) in [4.78, 5) is 0. The Bertz CT molecular complexity index is 364. The Morgan fingerprint density at radius 1 is 1.44 bits per heavy atom. The summed E-state index contributed by atoms with van der Waals surface area (Å²) in [6.07, 6.45) is 1.62. The van der Waals surface area contributed by atoms with Crippen LogP contribution in [0, 0.1) is 5.92 Å². The van der Waals surface area contributed by atoms with Crippen molar-refractivity contribution in [1.82, 2.24) is 0 Å². The fraction of sp³-hybridized carbons (Fsp3) is 0.500. The van der Waals surface area contributed by atoms with Crippen LogP contribution in [0.15, 0.2) is 18.2 Å². The van der Waals surface area contributed by atoms with Crippen LogP contribution in [0.1, 0.15) is 24.5 Å². The number of phenols is 1. The average Bonchev–Trinajstić information content (AvgIpc) is 2.33. The minimum absolute atomic E-state index is 0.0556. The Hall–Kier alpha value is -0.870. The Labute approximate surface area is 99.7 Å². The second-order valence-corrected chi connectivity index (χ2v) is 5.35. The number of hydrogen-bond acceptors (Lipinski definition) is 4. The normalized spacial score (nSPS) is 22.9. The lowest BCUT2D eigenvalue weighted by atomic mass is 9.92. The molecular weight excluding hydrogens is 222 g/mol. The number of benzene rings is 1. The molecule has 1 aromatic rings. The summed E-state index contributed by atoms with van der Waals surface area (Å²) >= 11 is 1.87. The molecule has 0 spiro atoms.